The summed E-state index contributed by atoms with van der Waals surface area (Å²) in [4.78, 5) is 29.9. The molecule has 1 saturated heterocycles. The lowest BCUT2D eigenvalue weighted by molar-refractivity contribution is -0.115. The van der Waals surface area contributed by atoms with Crippen molar-refractivity contribution in [2.24, 2.45) is 0 Å². The average Bonchev–Trinajstić information content (AvgIpc) is 2.98. The Morgan fingerprint density at radius 2 is 1.96 bits per heavy atom. The number of anilines is 2. The van der Waals surface area contributed by atoms with Crippen molar-refractivity contribution in [3.8, 4) is 0 Å². The van der Waals surface area contributed by atoms with Crippen LogP contribution in [0.25, 0.3) is 0 Å². The molecule has 1 aromatic heterocycles. The second-order valence-corrected chi connectivity index (χ2v) is 6.50. The van der Waals surface area contributed by atoms with Crippen LogP contribution < -0.4 is 15.5 Å². The number of carbonyl (C=O) groups is 2. The Hall–Kier alpha value is -2.31. The van der Waals surface area contributed by atoms with Gasteiger partial charge in [0.05, 0.1) is 11.9 Å². The fourth-order valence-electron chi connectivity index (χ4n) is 2.27. The molecular formula is C16H24N4O3. The molecule has 2 N–H and O–H groups in total. The third-order valence-corrected chi connectivity index (χ3v) is 3.25. The van der Waals surface area contributed by atoms with E-state index in [0.29, 0.717) is 5.69 Å². The maximum absolute atomic E-state index is 11.8. The van der Waals surface area contributed by atoms with Crippen LogP contribution in [0, 0.1) is 0 Å². The SMILES string of the molecule is CC(C)(C)OC(=O)NCC(=O)Nc1ccc(N2CCCC2)nc1. The molecule has 0 atom stereocenters. The van der Waals surface area contributed by atoms with E-state index in [4.69, 9.17) is 4.74 Å². The second kappa shape index (κ2) is 7.30. The van der Waals surface area contributed by atoms with Crippen molar-refractivity contribution in [2.45, 2.75) is 39.2 Å². The van der Waals surface area contributed by atoms with Gasteiger partial charge >= 0.3 is 6.09 Å². The predicted octanol–water partition coefficient (Wildman–Crippen LogP) is 2.14. The number of nitrogens with zero attached hydrogens (tertiary/aromatic N) is 2. The predicted molar refractivity (Wildman–Crippen MR) is 88.6 cm³/mol. The summed E-state index contributed by atoms with van der Waals surface area (Å²) in [6.45, 7) is 7.19. The highest BCUT2D eigenvalue weighted by atomic mass is 16.6. The quantitative estimate of drug-likeness (QED) is 0.888. The minimum Gasteiger partial charge on any atom is -0.444 e. The first kappa shape index (κ1) is 17.1. The van der Waals surface area contributed by atoms with Crippen molar-refractivity contribution in [2.75, 3.05) is 29.9 Å². The van der Waals surface area contributed by atoms with Gasteiger partial charge in [0.15, 0.2) is 0 Å². The molecule has 2 rings (SSSR count). The Bertz CT molecular complexity index is 545. The molecule has 0 aliphatic carbocycles. The lowest BCUT2D eigenvalue weighted by Crippen LogP contribution is -2.37. The van der Waals surface area contributed by atoms with Crippen molar-refractivity contribution in [1.29, 1.82) is 0 Å². The van der Waals surface area contributed by atoms with E-state index >= 15 is 0 Å². The van der Waals surface area contributed by atoms with Crippen molar-refractivity contribution in [3.63, 3.8) is 0 Å². The molecule has 23 heavy (non-hydrogen) atoms. The van der Waals surface area contributed by atoms with Crippen LogP contribution in [0.15, 0.2) is 18.3 Å². The number of rotatable bonds is 4. The highest BCUT2D eigenvalue weighted by molar-refractivity contribution is 5.93. The van der Waals surface area contributed by atoms with Gasteiger partial charge in [-0.3, -0.25) is 4.79 Å². The average molecular weight is 320 g/mol. The van der Waals surface area contributed by atoms with Gasteiger partial charge in [-0.2, -0.15) is 0 Å². The summed E-state index contributed by atoms with van der Waals surface area (Å²) in [6, 6.07) is 3.70. The van der Waals surface area contributed by atoms with Crippen molar-refractivity contribution in [1.82, 2.24) is 10.3 Å². The van der Waals surface area contributed by atoms with E-state index in [1.807, 2.05) is 12.1 Å². The molecule has 7 heteroatoms. The topological polar surface area (TPSA) is 83.6 Å². The number of ether oxygens (including phenoxy) is 1. The van der Waals surface area contributed by atoms with Crippen molar-refractivity contribution in [3.05, 3.63) is 18.3 Å². The van der Waals surface area contributed by atoms with Crippen LogP contribution in [0.3, 0.4) is 0 Å². The maximum atomic E-state index is 11.8. The molecule has 1 aliphatic rings. The van der Waals surface area contributed by atoms with Crippen LogP contribution in [-0.2, 0) is 9.53 Å². The lowest BCUT2D eigenvalue weighted by Gasteiger charge is -2.19. The summed E-state index contributed by atoms with van der Waals surface area (Å²) in [5.41, 5.74) is 0.0134. The number of hydrogen-bond donors (Lipinski definition) is 2. The van der Waals surface area contributed by atoms with Gasteiger partial charge in [-0.15, -0.1) is 0 Å². The summed E-state index contributed by atoms with van der Waals surface area (Å²) in [5, 5.41) is 5.10. The fourth-order valence-corrected chi connectivity index (χ4v) is 2.27. The number of pyridine rings is 1. The van der Waals surface area contributed by atoms with Crippen LogP contribution in [0.4, 0.5) is 16.3 Å². The zero-order chi connectivity index (χ0) is 16.9. The summed E-state index contributed by atoms with van der Waals surface area (Å²) in [6.07, 6.45) is 3.39. The fraction of sp³-hybridized carbons (Fsp3) is 0.562. The molecule has 0 spiro atoms. The Morgan fingerprint density at radius 1 is 1.26 bits per heavy atom. The standard InChI is InChI=1S/C16H24N4O3/c1-16(2,3)23-15(22)18-11-14(21)19-12-6-7-13(17-10-12)20-8-4-5-9-20/h6-7,10H,4-5,8-9,11H2,1-3H3,(H,18,22)(H,19,21). The van der Waals surface area contributed by atoms with Crippen molar-refractivity contribution >= 4 is 23.5 Å². The first-order valence-electron chi connectivity index (χ1n) is 7.81. The molecule has 126 valence electrons. The molecule has 0 saturated carbocycles. The Morgan fingerprint density at radius 3 is 2.52 bits per heavy atom. The minimum atomic E-state index is -0.616. The first-order chi connectivity index (χ1) is 10.8. The van der Waals surface area contributed by atoms with E-state index in [1.165, 1.54) is 12.8 Å². The van der Waals surface area contributed by atoms with E-state index in [1.54, 1.807) is 27.0 Å². The largest absolute Gasteiger partial charge is 0.444 e. The number of amides is 2. The molecule has 7 nitrogen and oxygen atoms in total. The van der Waals surface area contributed by atoms with Crippen molar-refractivity contribution < 1.29 is 14.3 Å². The molecule has 2 heterocycles. The molecule has 1 fully saturated rings. The molecule has 0 aromatic carbocycles. The maximum Gasteiger partial charge on any atom is 0.408 e. The number of alkyl carbamates (subject to hydrolysis) is 1. The van der Waals surface area contributed by atoms with Gasteiger partial charge < -0.3 is 20.3 Å². The van der Waals surface area contributed by atoms with E-state index < -0.39 is 11.7 Å². The van der Waals surface area contributed by atoms with Gasteiger partial charge in [0.1, 0.15) is 18.0 Å². The van der Waals surface area contributed by atoms with E-state index in [-0.39, 0.29) is 12.5 Å². The number of nitrogens with one attached hydrogen (secondary N) is 2. The second-order valence-electron chi connectivity index (χ2n) is 6.50. The van der Waals surface area contributed by atoms with E-state index in [2.05, 4.69) is 20.5 Å². The highest BCUT2D eigenvalue weighted by Crippen LogP contribution is 2.18. The Balaban J connectivity index is 1.77. The third-order valence-electron chi connectivity index (χ3n) is 3.25. The zero-order valence-electron chi connectivity index (χ0n) is 13.9. The Kier molecular flexibility index (Phi) is 5.41. The molecule has 0 unspecified atom stereocenters. The zero-order valence-corrected chi connectivity index (χ0v) is 13.9. The molecule has 1 aromatic rings. The molecule has 1 aliphatic heterocycles. The molecule has 0 bridgehead atoms. The van der Waals surface area contributed by atoms with E-state index in [9.17, 15) is 9.59 Å². The summed E-state index contributed by atoms with van der Waals surface area (Å²) in [5.74, 6) is 0.596. The third kappa shape index (κ3) is 5.77. The van der Waals surface area contributed by atoms with Gasteiger partial charge in [-0.1, -0.05) is 0 Å². The Labute approximate surface area is 136 Å². The van der Waals surface area contributed by atoms with Crippen LogP contribution in [0.1, 0.15) is 33.6 Å². The molecule has 0 radical (unpaired) electrons. The van der Waals surface area contributed by atoms with Crippen LogP contribution in [0.5, 0.6) is 0 Å². The number of hydrogen-bond acceptors (Lipinski definition) is 5. The first-order valence-corrected chi connectivity index (χ1v) is 7.81. The highest BCUT2D eigenvalue weighted by Gasteiger charge is 2.17. The summed E-state index contributed by atoms with van der Waals surface area (Å²) in [7, 11) is 0. The number of carbonyl (C=O) groups excluding carboxylic acids is 2. The van der Waals surface area contributed by atoms with Gasteiger partial charge in [0.25, 0.3) is 0 Å². The number of aromatic nitrogens is 1. The normalized spacial score (nSPS) is 14.5. The van der Waals surface area contributed by atoms with Gasteiger partial charge in [-0.25, -0.2) is 9.78 Å². The van der Waals surface area contributed by atoms with Crippen LogP contribution in [0.2, 0.25) is 0 Å². The summed E-state index contributed by atoms with van der Waals surface area (Å²) < 4.78 is 5.06. The smallest absolute Gasteiger partial charge is 0.408 e. The van der Waals surface area contributed by atoms with Gasteiger partial charge in [0, 0.05) is 13.1 Å². The summed E-state index contributed by atoms with van der Waals surface area (Å²) >= 11 is 0. The van der Waals surface area contributed by atoms with Gasteiger partial charge in [-0.05, 0) is 45.7 Å². The van der Waals surface area contributed by atoms with Gasteiger partial charge in [0.2, 0.25) is 5.91 Å². The monoisotopic (exact) mass is 320 g/mol. The molecular weight excluding hydrogens is 296 g/mol. The minimum absolute atomic E-state index is 0.150. The lowest BCUT2D eigenvalue weighted by atomic mass is 10.2. The van der Waals surface area contributed by atoms with Crippen LogP contribution in [-0.4, -0.2) is 42.2 Å². The van der Waals surface area contributed by atoms with Crippen LogP contribution >= 0.6 is 0 Å². The van der Waals surface area contributed by atoms with E-state index in [0.717, 1.165) is 18.9 Å². The molecule has 2 amide bonds.